The first-order valence-electron chi connectivity index (χ1n) is 11.9. The second kappa shape index (κ2) is 10.5. The van der Waals surface area contributed by atoms with Gasteiger partial charge >= 0.3 is 6.18 Å². The Morgan fingerprint density at radius 1 is 1.15 bits per heavy atom. The second-order valence-corrected chi connectivity index (χ2v) is 10.1. The summed E-state index contributed by atoms with van der Waals surface area (Å²) in [5, 5.41) is 15.1. The molecule has 2 heterocycles. The van der Waals surface area contributed by atoms with E-state index in [9.17, 15) is 18.3 Å². The van der Waals surface area contributed by atoms with Crippen LogP contribution >= 0.6 is 11.8 Å². The number of thioether (sulfide) groups is 1. The number of fused-ring (bicyclic) bond motifs is 2. The van der Waals surface area contributed by atoms with E-state index in [2.05, 4.69) is 22.3 Å². The number of alkyl halides is 3. The van der Waals surface area contributed by atoms with Crippen LogP contribution in [0.1, 0.15) is 55.0 Å². The van der Waals surface area contributed by atoms with Crippen LogP contribution in [0.15, 0.2) is 47.4 Å². The van der Waals surface area contributed by atoms with Gasteiger partial charge in [-0.3, -0.25) is 5.32 Å². The number of benzene rings is 2. The van der Waals surface area contributed by atoms with E-state index in [0.717, 1.165) is 69.4 Å². The lowest BCUT2D eigenvalue weighted by Gasteiger charge is -2.43. The van der Waals surface area contributed by atoms with Crippen molar-refractivity contribution < 1.29 is 23.0 Å². The third-order valence-electron chi connectivity index (χ3n) is 7.33. The number of aliphatic hydroxyl groups excluding tert-OH is 1. The number of rotatable bonds is 6. The van der Waals surface area contributed by atoms with Crippen molar-refractivity contribution in [1.29, 1.82) is 0 Å². The van der Waals surface area contributed by atoms with Gasteiger partial charge in [-0.05, 0) is 68.6 Å². The molecule has 34 heavy (non-hydrogen) atoms. The van der Waals surface area contributed by atoms with Crippen LogP contribution in [-0.2, 0) is 11.7 Å². The summed E-state index contributed by atoms with van der Waals surface area (Å²) in [5.41, 5.74) is 0.187. The molecule has 2 aromatic carbocycles. The van der Waals surface area contributed by atoms with E-state index in [1.807, 2.05) is 18.2 Å². The minimum Gasteiger partial charge on any atom is -0.496 e. The number of methoxy groups -OCH3 is 1. The van der Waals surface area contributed by atoms with Gasteiger partial charge in [0.15, 0.2) is 0 Å². The first-order chi connectivity index (χ1) is 16.3. The molecule has 2 saturated heterocycles. The van der Waals surface area contributed by atoms with Crippen LogP contribution in [0.2, 0.25) is 0 Å². The van der Waals surface area contributed by atoms with E-state index in [4.69, 9.17) is 4.74 Å². The third kappa shape index (κ3) is 5.10. The zero-order valence-electron chi connectivity index (χ0n) is 19.7. The molecule has 0 aromatic heterocycles. The summed E-state index contributed by atoms with van der Waals surface area (Å²) >= 11 is 1.18. The highest BCUT2D eigenvalue weighted by atomic mass is 32.2. The van der Waals surface area contributed by atoms with Crippen LogP contribution in [0.25, 0.3) is 0 Å². The summed E-state index contributed by atoms with van der Waals surface area (Å²) in [6.07, 6.45) is 1.16. The first-order valence-corrected chi connectivity index (χ1v) is 13.1. The van der Waals surface area contributed by atoms with Gasteiger partial charge in [0.2, 0.25) is 0 Å². The van der Waals surface area contributed by atoms with Gasteiger partial charge < -0.3 is 14.7 Å². The van der Waals surface area contributed by atoms with Gasteiger partial charge in [-0.15, -0.1) is 11.8 Å². The first kappa shape index (κ1) is 25.4. The molecular formula is C26H33F3N2O2S. The van der Waals surface area contributed by atoms with Crippen molar-refractivity contribution in [2.24, 2.45) is 5.92 Å². The van der Waals surface area contributed by atoms with Gasteiger partial charge in [0.25, 0.3) is 0 Å². The molecule has 4 rings (SSSR count). The summed E-state index contributed by atoms with van der Waals surface area (Å²) < 4.78 is 45.8. The van der Waals surface area contributed by atoms with Crippen LogP contribution in [0.5, 0.6) is 5.75 Å². The molecule has 2 aromatic rings. The number of hydrogen-bond acceptors (Lipinski definition) is 5. The predicted molar refractivity (Wildman–Crippen MR) is 129 cm³/mol. The fourth-order valence-electron chi connectivity index (χ4n) is 5.69. The smallest absolute Gasteiger partial charge is 0.416 e. The van der Waals surface area contributed by atoms with Crippen LogP contribution in [0, 0.1) is 5.92 Å². The number of ether oxygens (including phenoxy) is 1. The Hall–Kier alpha value is -1.74. The maximum atomic E-state index is 13.5. The van der Waals surface area contributed by atoms with E-state index >= 15 is 0 Å². The van der Waals surface area contributed by atoms with E-state index in [0.29, 0.717) is 10.5 Å². The molecular weight excluding hydrogens is 461 g/mol. The van der Waals surface area contributed by atoms with Gasteiger partial charge in [-0.25, -0.2) is 0 Å². The SMILES string of the molecule is COc1cc(C(F)(F)F)cc(SC)c1C(O)N[C@]1(c2ccccc2)CCCN2CCCCC1C2. The average Bonchev–Trinajstić information content (AvgIpc) is 3.17. The fourth-order valence-corrected chi connectivity index (χ4v) is 6.37. The van der Waals surface area contributed by atoms with E-state index in [1.54, 1.807) is 6.26 Å². The molecule has 2 bridgehead atoms. The number of aliphatic hydroxyl groups is 1. The zero-order valence-corrected chi connectivity index (χ0v) is 20.5. The zero-order chi connectivity index (χ0) is 24.3. The molecule has 8 heteroatoms. The predicted octanol–water partition coefficient (Wildman–Crippen LogP) is 5.81. The Balaban J connectivity index is 1.79. The van der Waals surface area contributed by atoms with E-state index in [-0.39, 0.29) is 11.7 Å². The van der Waals surface area contributed by atoms with E-state index < -0.39 is 23.5 Å². The number of nitrogens with one attached hydrogen (secondary N) is 1. The lowest BCUT2D eigenvalue weighted by Crippen LogP contribution is -2.51. The Kier molecular flexibility index (Phi) is 7.82. The number of halogens is 3. The Bertz CT molecular complexity index is 947. The summed E-state index contributed by atoms with van der Waals surface area (Å²) in [4.78, 5) is 2.87. The van der Waals surface area contributed by atoms with Crippen molar-refractivity contribution in [2.45, 2.75) is 54.9 Å². The molecule has 0 aliphatic carbocycles. The van der Waals surface area contributed by atoms with Gasteiger partial charge in [-0.1, -0.05) is 36.8 Å². The van der Waals surface area contributed by atoms with Crippen molar-refractivity contribution in [3.8, 4) is 5.75 Å². The molecule has 3 unspecified atom stereocenters. The maximum Gasteiger partial charge on any atom is 0.416 e. The average molecular weight is 495 g/mol. The van der Waals surface area contributed by atoms with Crippen LogP contribution < -0.4 is 10.1 Å². The highest BCUT2D eigenvalue weighted by molar-refractivity contribution is 7.98. The van der Waals surface area contributed by atoms with E-state index in [1.165, 1.54) is 18.9 Å². The summed E-state index contributed by atoms with van der Waals surface area (Å²) in [6.45, 7) is 3.05. The van der Waals surface area contributed by atoms with Crippen molar-refractivity contribution in [3.05, 3.63) is 59.2 Å². The van der Waals surface area contributed by atoms with Gasteiger partial charge in [-0.2, -0.15) is 13.2 Å². The van der Waals surface area contributed by atoms with Gasteiger partial charge in [0.05, 0.1) is 18.2 Å². The lowest BCUT2D eigenvalue weighted by molar-refractivity contribution is -0.137. The maximum absolute atomic E-state index is 13.5. The molecule has 186 valence electrons. The second-order valence-electron chi connectivity index (χ2n) is 9.27. The fraction of sp³-hybridized carbons (Fsp3) is 0.538. The normalized spacial score (nSPS) is 26.4. The van der Waals surface area contributed by atoms with Gasteiger partial charge in [0.1, 0.15) is 12.0 Å². The van der Waals surface area contributed by atoms with Crippen LogP contribution in [-0.4, -0.2) is 43.0 Å². The summed E-state index contributed by atoms with van der Waals surface area (Å²) in [7, 11) is 1.34. The number of nitrogens with zero attached hydrogens (tertiary/aromatic N) is 1. The third-order valence-corrected chi connectivity index (χ3v) is 8.10. The monoisotopic (exact) mass is 494 g/mol. The molecule has 2 aliphatic heterocycles. The lowest BCUT2D eigenvalue weighted by atomic mass is 9.73. The molecule has 2 fully saturated rings. The Morgan fingerprint density at radius 2 is 1.88 bits per heavy atom. The van der Waals surface area contributed by atoms with Crippen molar-refractivity contribution in [1.82, 2.24) is 10.2 Å². The topological polar surface area (TPSA) is 44.7 Å². The number of hydrogen-bond donors (Lipinski definition) is 2. The Morgan fingerprint density at radius 3 is 2.56 bits per heavy atom. The minimum absolute atomic E-state index is 0.0403. The van der Waals surface area contributed by atoms with Crippen LogP contribution in [0.4, 0.5) is 13.2 Å². The molecule has 0 radical (unpaired) electrons. The molecule has 4 atom stereocenters. The van der Waals surface area contributed by atoms with Crippen molar-refractivity contribution >= 4 is 11.8 Å². The largest absolute Gasteiger partial charge is 0.496 e. The Labute approximate surface area is 203 Å². The summed E-state index contributed by atoms with van der Waals surface area (Å²) in [5.74, 6) is 0.311. The van der Waals surface area contributed by atoms with Crippen LogP contribution in [0.3, 0.4) is 0 Å². The highest BCUT2D eigenvalue weighted by Crippen LogP contribution is 2.45. The molecule has 0 spiro atoms. The highest BCUT2D eigenvalue weighted by Gasteiger charge is 2.45. The molecule has 2 N–H and O–H groups in total. The molecule has 0 saturated carbocycles. The minimum atomic E-state index is -4.50. The van der Waals surface area contributed by atoms with Crippen molar-refractivity contribution in [2.75, 3.05) is 33.0 Å². The molecule has 0 amide bonds. The molecule has 2 aliphatic rings. The van der Waals surface area contributed by atoms with Gasteiger partial charge in [0, 0.05) is 17.0 Å². The quantitative estimate of drug-likeness (QED) is 0.392. The van der Waals surface area contributed by atoms with Crippen molar-refractivity contribution in [3.63, 3.8) is 0 Å². The standard InChI is InChI=1S/C26H33F3N2O2S/c1-33-21-15-20(26(27,28)29)16-22(34-2)23(21)24(32)30-25(18-9-4-3-5-10-18)12-8-14-31-13-7-6-11-19(25)17-31/h3-5,9-10,15-16,19,24,30,32H,6-8,11-14,17H2,1-2H3/t19?,24?,25-/m0/s1. The molecule has 4 nitrogen and oxygen atoms in total. The summed E-state index contributed by atoms with van der Waals surface area (Å²) in [6, 6.07) is 12.3.